The molecule has 2 N–H and O–H groups in total. The third kappa shape index (κ3) is 5.30. The Kier molecular flexibility index (Phi) is 6.88. The average molecular weight is 469 g/mol. The molecule has 1 fully saturated rings. The van der Waals surface area contributed by atoms with Gasteiger partial charge >= 0.3 is 0 Å². The molecular formula is C25H29ClN4O3. The van der Waals surface area contributed by atoms with E-state index in [0.29, 0.717) is 43.2 Å². The van der Waals surface area contributed by atoms with Crippen molar-refractivity contribution in [2.45, 2.75) is 39.3 Å². The van der Waals surface area contributed by atoms with Crippen molar-refractivity contribution in [3.8, 4) is 0 Å². The van der Waals surface area contributed by atoms with Gasteiger partial charge in [-0.1, -0.05) is 49.7 Å². The zero-order valence-corrected chi connectivity index (χ0v) is 19.7. The molecule has 2 heterocycles. The Labute approximate surface area is 199 Å². The summed E-state index contributed by atoms with van der Waals surface area (Å²) < 4.78 is 0. The minimum atomic E-state index is -0.588. The Morgan fingerprint density at radius 1 is 1.15 bits per heavy atom. The van der Waals surface area contributed by atoms with Crippen LogP contribution in [0, 0.1) is 5.92 Å². The number of anilines is 2. The SMILES string of the molecule is CC(C)CC(=O)N1Cc2ccccc2CC1C(=O)Nc1ccc(N2CCNC(=O)C2)c(Cl)c1. The third-order valence-electron chi connectivity index (χ3n) is 6.05. The Balaban J connectivity index is 1.52. The van der Waals surface area contributed by atoms with Crippen LogP contribution in [-0.2, 0) is 27.3 Å². The summed E-state index contributed by atoms with van der Waals surface area (Å²) in [7, 11) is 0. The topological polar surface area (TPSA) is 81.8 Å². The zero-order valence-electron chi connectivity index (χ0n) is 18.9. The standard InChI is InChI=1S/C25H29ClN4O3/c1-16(2)11-24(32)30-14-18-6-4-3-5-17(18)12-22(30)25(33)28-19-7-8-21(20(26)13-19)29-10-9-27-23(31)15-29/h3-8,13,16,22H,9-12,14-15H2,1-2H3,(H,27,31)(H,28,33). The van der Waals surface area contributed by atoms with Gasteiger partial charge in [-0.3, -0.25) is 14.4 Å². The fourth-order valence-corrected chi connectivity index (χ4v) is 4.70. The summed E-state index contributed by atoms with van der Waals surface area (Å²) in [5.41, 5.74) is 3.48. The van der Waals surface area contributed by atoms with Gasteiger partial charge in [0.1, 0.15) is 6.04 Å². The number of hydrogen-bond acceptors (Lipinski definition) is 4. The van der Waals surface area contributed by atoms with Gasteiger partial charge < -0.3 is 20.4 Å². The van der Waals surface area contributed by atoms with Gasteiger partial charge in [-0.2, -0.15) is 0 Å². The second-order valence-electron chi connectivity index (χ2n) is 9.04. The molecular weight excluding hydrogens is 440 g/mol. The molecule has 1 atom stereocenters. The van der Waals surface area contributed by atoms with Crippen LogP contribution in [0.2, 0.25) is 5.02 Å². The van der Waals surface area contributed by atoms with Gasteiger partial charge in [0.15, 0.2) is 0 Å². The predicted octanol–water partition coefficient (Wildman–Crippen LogP) is 3.21. The second-order valence-corrected chi connectivity index (χ2v) is 9.44. The highest BCUT2D eigenvalue weighted by atomic mass is 35.5. The number of rotatable bonds is 5. The third-order valence-corrected chi connectivity index (χ3v) is 6.35. The number of piperazine rings is 1. The van der Waals surface area contributed by atoms with Crippen LogP contribution in [0.15, 0.2) is 42.5 Å². The number of hydrogen-bond donors (Lipinski definition) is 2. The van der Waals surface area contributed by atoms with Crippen molar-refractivity contribution >= 4 is 40.7 Å². The Bertz CT molecular complexity index is 1070. The molecule has 8 heteroatoms. The normalized spacial score (nSPS) is 18.1. The lowest BCUT2D eigenvalue weighted by atomic mass is 9.92. The summed E-state index contributed by atoms with van der Waals surface area (Å²) in [5.74, 6) is -0.0841. The van der Waals surface area contributed by atoms with E-state index in [-0.39, 0.29) is 30.2 Å². The lowest BCUT2D eigenvalue weighted by Gasteiger charge is -2.36. The molecule has 1 unspecified atom stereocenters. The molecule has 1 saturated heterocycles. The lowest BCUT2D eigenvalue weighted by Crippen LogP contribution is -2.50. The lowest BCUT2D eigenvalue weighted by molar-refractivity contribution is -0.140. The Morgan fingerprint density at radius 2 is 1.91 bits per heavy atom. The first kappa shape index (κ1) is 23.1. The van der Waals surface area contributed by atoms with E-state index in [0.717, 1.165) is 16.8 Å². The molecule has 0 saturated carbocycles. The number of fused-ring (bicyclic) bond motifs is 1. The molecule has 0 aromatic heterocycles. The molecule has 0 bridgehead atoms. The van der Waals surface area contributed by atoms with Crippen molar-refractivity contribution in [1.29, 1.82) is 0 Å². The van der Waals surface area contributed by atoms with Crippen LogP contribution < -0.4 is 15.5 Å². The highest BCUT2D eigenvalue weighted by molar-refractivity contribution is 6.33. The molecule has 174 valence electrons. The summed E-state index contributed by atoms with van der Waals surface area (Å²) in [6.07, 6.45) is 0.871. The van der Waals surface area contributed by atoms with E-state index in [1.807, 2.05) is 49.1 Å². The van der Waals surface area contributed by atoms with Crippen LogP contribution in [0.4, 0.5) is 11.4 Å². The molecule has 2 aromatic carbocycles. The van der Waals surface area contributed by atoms with E-state index < -0.39 is 6.04 Å². The minimum absolute atomic E-state index is 0.0172. The molecule has 0 radical (unpaired) electrons. The van der Waals surface area contributed by atoms with Gasteiger partial charge in [0, 0.05) is 38.2 Å². The van der Waals surface area contributed by atoms with Crippen LogP contribution in [-0.4, -0.2) is 48.3 Å². The summed E-state index contributed by atoms with van der Waals surface area (Å²) in [4.78, 5) is 41.6. The number of halogens is 1. The summed E-state index contributed by atoms with van der Waals surface area (Å²) in [6, 6.07) is 12.6. The molecule has 2 aliphatic heterocycles. The number of amides is 3. The molecule has 33 heavy (non-hydrogen) atoms. The number of benzene rings is 2. The average Bonchev–Trinajstić information content (AvgIpc) is 2.77. The van der Waals surface area contributed by atoms with Crippen LogP contribution in [0.25, 0.3) is 0 Å². The number of nitrogens with one attached hydrogen (secondary N) is 2. The van der Waals surface area contributed by atoms with Crippen molar-refractivity contribution < 1.29 is 14.4 Å². The molecule has 0 aliphatic carbocycles. The first-order valence-electron chi connectivity index (χ1n) is 11.3. The van der Waals surface area contributed by atoms with Gasteiger partial charge in [-0.25, -0.2) is 0 Å². The van der Waals surface area contributed by atoms with Gasteiger partial charge in [0.25, 0.3) is 0 Å². The van der Waals surface area contributed by atoms with Crippen LogP contribution in [0.3, 0.4) is 0 Å². The van der Waals surface area contributed by atoms with Gasteiger partial charge in [0.05, 0.1) is 17.3 Å². The highest BCUT2D eigenvalue weighted by Gasteiger charge is 2.34. The molecule has 4 rings (SSSR count). The van der Waals surface area contributed by atoms with E-state index in [1.54, 1.807) is 17.0 Å². The van der Waals surface area contributed by atoms with Gasteiger partial charge in [-0.15, -0.1) is 0 Å². The highest BCUT2D eigenvalue weighted by Crippen LogP contribution is 2.30. The molecule has 2 aliphatic rings. The van der Waals surface area contributed by atoms with Crippen LogP contribution in [0.5, 0.6) is 0 Å². The zero-order chi connectivity index (χ0) is 23.5. The molecule has 7 nitrogen and oxygen atoms in total. The molecule has 0 spiro atoms. The number of carbonyl (C=O) groups is 3. The predicted molar refractivity (Wildman–Crippen MR) is 129 cm³/mol. The van der Waals surface area contributed by atoms with Gasteiger partial charge in [0.2, 0.25) is 17.7 Å². The summed E-state index contributed by atoms with van der Waals surface area (Å²) >= 11 is 6.49. The second kappa shape index (κ2) is 9.83. The van der Waals surface area contributed by atoms with Crippen molar-refractivity contribution in [3.63, 3.8) is 0 Å². The smallest absolute Gasteiger partial charge is 0.247 e. The number of nitrogens with zero attached hydrogens (tertiary/aromatic N) is 2. The maximum absolute atomic E-state index is 13.3. The Hall–Kier alpha value is -3.06. The van der Waals surface area contributed by atoms with Crippen molar-refractivity contribution in [1.82, 2.24) is 10.2 Å². The quantitative estimate of drug-likeness (QED) is 0.706. The fourth-order valence-electron chi connectivity index (χ4n) is 4.40. The maximum Gasteiger partial charge on any atom is 0.247 e. The summed E-state index contributed by atoms with van der Waals surface area (Å²) in [5, 5.41) is 6.20. The number of carbonyl (C=O) groups excluding carboxylic acids is 3. The van der Waals surface area contributed by atoms with E-state index >= 15 is 0 Å². The molecule has 2 aromatic rings. The van der Waals surface area contributed by atoms with E-state index in [4.69, 9.17) is 11.6 Å². The van der Waals surface area contributed by atoms with Crippen molar-refractivity contribution in [2.75, 3.05) is 29.9 Å². The first-order valence-corrected chi connectivity index (χ1v) is 11.7. The van der Waals surface area contributed by atoms with E-state index in [9.17, 15) is 14.4 Å². The minimum Gasteiger partial charge on any atom is -0.359 e. The molecule has 3 amide bonds. The van der Waals surface area contributed by atoms with Crippen LogP contribution in [0.1, 0.15) is 31.4 Å². The summed E-state index contributed by atoms with van der Waals surface area (Å²) in [6.45, 7) is 5.92. The Morgan fingerprint density at radius 3 is 2.61 bits per heavy atom. The first-order chi connectivity index (χ1) is 15.8. The maximum atomic E-state index is 13.3. The largest absolute Gasteiger partial charge is 0.359 e. The van der Waals surface area contributed by atoms with Crippen molar-refractivity contribution in [3.05, 3.63) is 58.6 Å². The van der Waals surface area contributed by atoms with Crippen LogP contribution >= 0.6 is 11.6 Å². The van der Waals surface area contributed by atoms with E-state index in [2.05, 4.69) is 10.6 Å². The fraction of sp³-hybridized carbons (Fsp3) is 0.400. The van der Waals surface area contributed by atoms with E-state index in [1.165, 1.54) is 0 Å². The van der Waals surface area contributed by atoms with Crippen molar-refractivity contribution in [2.24, 2.45) is 5.92 Å². The monoisotopic (exact) mass is 468 g/mol. The van der Waals surface area contributed by atoms with Gasteiger partial charge in [-0.05, 0) is 35.2 Å².